The van der Waals surface area contributed by atoms with Crippen molar-refractivity contribution in [2.75, 3.05) is 18.9 Å². The lowest BCUT2D eigenvalue weighted by Gasteiger charge is -2.13. The van der Waals surface area contributed by atoms with Crippen LogP contribution in [-0.2, 0) is 10.0 Å². The summed E-state index contributed by atoms with van der Waals surface area (Å²) in [4.78, 5) is 0. The number of hydrogen-bond donors (Lipinski definition) is 1. The first-order chi connectivity index (χ1) is 9.87. The van der Waals surface area contributed by atoms with Gasteiger partial charge in [0.25, 0.3) is 10.0 Å². The van der Waals surface area contributed by atoms with Gasteiger partial charge >= 0.3 is 0 Å². The summed E-state index contributed by atoms with van der Waals surface area (Å²) in [6.45, 7) is 0. The summed E-state index contributed by atoms with van der Waals surface area (Å²) in [6, 6.07) is 5.86. The van der Waals surface area contributed by atoms with Crippen LogP contribution < -0.4 is 14.2 Å². The van der Waals surface area contributed by atoms with E-state index in [2.05, 4.69) is 4.72 Å². The number of hydrogen-bond acceptors (Lipinski definition) is 5. The summed E-state index contributed by atoms with van der Waals surface area (Å²) in [6.07, 6.45) is 0. The first kappa shape index (κ1) is 16.2. The number of methoxy groups -OCH3 is 2. The fraction of sp³-hybridized carbons (Fsp3) is 0.167. The van der Waals surface area contributed by atoms with Gasteiger partial charge in [-0.2, -0.15) is 0 Å². The molecule has 0 atom stereocenters. The van der Waals surface area contributed by atoms with Crippen LogP contribution >= 0.6 is 34.5 Å². The molecule has 2 aromatic rings. The summed E-state index contributed by atoms with van der Waals surface area (Å²) < 4.78 is 37.6. The molecular formula is C12H11Cl2NO4S2. The third-order valence-electron chi connectivity index (χ3n) is 2.53. The number of halogens is 2. The van der Waals surface area contributed by atoms with Crippen LogP contribution in [0.2, 0.25) is 9.36 Å². The first-order valence-electron chi connectivity index (χ1n) is 5.57. The SMILES string of the molecule is COc1cc(OC)c(NS(=O)(=O)c2ccc(Cl)s2)cc1Cl. The Balaban J connectivity index is 2.41. The van der Waals surface area contributed by atoms with Crippen LogP contribution in [0.5, 0.6) is 11.5 Å². The molecule has 1 aromatic heterocycles. The number of rotatable bonds is 5. The van der Waals surface area contributed by atoms with E-state index < -0.39 is 10.0 Å². The Kier molecular flexibility index (Phi) is 4.88. The van der Waals surface area contributed by atoms with Gasteiger partial charge in [-0.05, 0) is 18.2 Å². The molecule has 0 fully saturated rings. The largest absolute Gasteiger partial charge is 0.495 e. The van der Waals surface area contributed by atoms with Crippen LogP contribution in [0.3, 0.4) is 0 Å². The molecule has 0 bridgehead atoms. The fourth-order valence-electron chi connectivity index (χ4n) is 1.58. The van der Waals surface area contributed by atoms with E-state index in [4.69, 9.17) is 32.7 Å². The zero-order valence-corrected chi connectivity index (χ0v) is 14.2. The maximum Gasteiger partial charge on any atom is 0.271 e. The van der Waals surface area contributed by atoms with Crippen LogP contribution in [-0.4, -0.2) is 22.6 Å². The Morgan fingerprint density at radius 3 is 2.29 bits per heavy atom. The molecule has 0 aliphatic heterocycles. The normalized spacial score (nSPS) is 11.2. The van der Waals surface area contributed by atoms with Crippen LogP contribution in [0.4, 0.5) is 5.69 Å². The van der Waals surface area contributed by atoms with Gasteiger partial charge in [-0.1, -0.05) is 23.2 Å². The number of ether oxygens (including phenoxy) is 2. The van der Waals surface area contributed by atoms with Crippen molar-refractivity contribution in [2.45, 2.75) is 4.21 Å². The number of benzene rings is 1. The summed E-state index contributed by atoms with van der Waals surface area (Å²) in [5.74, 6) is 0.679. The van der Waals surface area contributed by atoms with E-state index in [0.717, 1.165) is 11.3 Å². The highest BCUT2D eigenvalue weighted by Gasteiger charge is 2.20. The molecule has 5 nitrogen and oxygen atoms in total. The third kappa shape index (κ3) is 3.55. The van der Waals surface area contributed by atoms with Crippen molar-refractivity contribution in [3.63, 3.8) is 0 Å². The summed E-state index contributed by atoms with van der Waals surface area (Å²) >= 11 is 12.7. The molecule has 1 heterocycles. The topological polar surface area (TPSA) is 64.6 Å². The molecule has 0 aliphatic carbocycles. The molecule has 9 heteroatoms. The van der Waals surface area contributed by atoms with Crippen molar-refractivity contribution in [1.82, 2.24) is 0 Å². The fourth-order valence-corrected chi connectivity index (χ4v) is 4.36. The molecule has 0 aliphatic rings. The predicted octanol–water partition coefficient (Wildman–Crippen LogP) is 3.87. The molecule has 114 valence electrons. The van der Waals surface area contributed by atoms with E-state index in [-0.39, 0.29) is 14.9 Å². The van der Waals surface area contributed by atoms with Crippen LogP contribution in [0, 0.1) is 0 Å². The first-order valence-corrected chi connectivity index (χ1v) is 8.62. The second-order valence-corrected chi connectivity index (χ2v) is 7.88. The van der Waals surface area contributed by atoms with Crippen LogP contribution in [0.25, 0.3) is 0 Å². The monoisotopic (exact) mass is 367 g/mol. The second-order valence-electron chi connectivity index (χ2n) is 3.85. The highest BCUT2D eigenvalue weighted by atomic mass is 35.5. The molecule has 0 saturated carbocycles. The molecule has 21 heavy (non-hydrogen) atoms. The van der Waals surface area contributed by atoms with Gasteiger partial charge in [0.1, 0.15) is 15.7 Å². The molecule has 2 rings (SSSR count). The number of nitrogens with one attached hydrogen (secondary N) is 1. The third-order valence-corrected chi connectivity index (χ3v) is 5.92. The molecule has 1 aromatic carbocycles. The minimum Gasteiger partial charge on any atom is -0.495 e. The lowest BCUT2D eigenvalue weighted by Crippen LogP contribution is -2.12. The van der Waals surface area contributed by atoms with Crippen molar-refractivity contribution in [3.05, 3.63) is 33.6 Å². The Morgan fingerprint density at radius 1 is 1.10 bits per heavy atom. The Morgan fingerprint density at radius 2 is 1.76 bits per heavy atom. The van der Waals surface area contributed by atoms with Gasteiger partial charge in [0, 0.05) is 6.07 Å². The standard InChI is InChI=1S/C12H11Cl2NO4S2/c1-18-9-6-10(19-2)8(5-7(9)13)15-21(16,17)12-4-3-11(14)20-12/h3-6,15H,1-2H3. The van der Waals surface area contributed by atoms with Crippen molar-refractivity contribution >= 4 is 50.2 Å². The van der Waals surface area contributed by atoms with E-state index in [1.165, 1.54) is 38.5 Å². The summed E-state index contributed by atoms with van der Waals surface area (Å²) in [5, 5.41) is 0.264. The number of thiophene rings is 1. The lowest BCUT2D eigenvalue weighted by molar-refractivity contribution is 0.396. The minimum absolute atomic E-state index is 0.0986. The average molecular weight is 368 g/mol. The van der Waals surface area contributed by atoms with Gasteiger partial charge in [0.2, 0.25) is 0 Å². The van der Waals surface area contributed by atoms with E-state index in [1.807, 2.05) is 0 Å². The van der Waals surface area contributed by atoms with Crippen LogP contribution in [0.15, 0.2) is 28.5 Å². The maximum atomic E-state index is 12.3. The lowest BCUT2D eigenvalue weighted by atomic mass is 10.3. The zero-order valence-electron chi connectivity index (χ0n) is 11.0. The number of anilines is 1. The van der Waals surface area contributed by atoms with E-state index in [1.54, 1.807) is 0 Å². The highest BCUT2D eigenvalue weighted by molar-refractivity contribution is 7.94. The van der Waals surface area contributed by atoms with E-state index in [0.29, 0.717) is 15.8 Å². The molecule has 0 unspecified atom stereocenters. The summed E-state index contributed by atoms with van der Waals surface area (Å²) in [7, 11) is -0.881. The number of sulfonamides is 1. The highest BCUT2D eigenvalue weighted by Crippen LogP contribution is 2.37. The van der Waals surface area contributed by atoms with Gasteiger partial charge in [0.15, 0.2) is 0 Å². The summed E-state index contributed by atoms with van der Waals surface area (Å²) in [5.41, 5.74) is 0.216. The van der Waals surface area contributed by atoms with E-state index >= 15 is 0 Å². The Hall–Kier alpha value is -1.15. The Bertz CT molecular complexity index is 759. The molecule has 0 radical (unpaired) electrons. The van der Waals surface area contributed by atoms with Crippen molar-refractivity contribution in [2.24, 2.45) is 0 Å². The van der Waals surface area contributed by atoms with Crippen molar-refractivity contribution < 1.29 is 17.9 Å². The molecule has 0 saturated heterocycles. The van der Waals surface area contributed by atoms with Gasteiger partial charge in [-0.25, -0.2) is 8.42 Å². The minimum atomic E-state index is -3.76. The molecule has 0 spiro atoms. The van der Waals surface area contributed by atoms with Crippen molar-refractivity contribution in [1.29, 1.82) is 0 Å². The molecule has 0 amide bonds. The van der Waals surface area contributed by atoms with E-state index in [9.17, 15) is 8.42 Å². The smallest absolute Gasteiger partial charge is 0.271 e. The molecular weight excluding hydrogens is 357 g/mol. The Labute approximate surface area is 136 Å². The predicted molar refractivity (Wildman–Crippen MR) is 84.7 cm³/mol. The van der Waals surface area contributed by atoms with Crippen molar-refractivity contribution in [3.8, 4) is 11.5 Å². The van der Waals surface area contributed by atoms with Crippen LogP contribution in [0.1, 0.15) is 0 Å². The van der Waals surface area contributed by atoms with Gasteiger partial charge in [-0.3, -0.25) is 4.72 Å². The quantitative estimate of drug-likeness (QED) is 0.870. The molecule has 1 N–H and O–H groups in total. The average Bonchev–Trinajstić information content (AvgIpc) is 2.86. The van der Waals surface area contributed by atoms with Gasteiger partial charge in [-0.15, -0.1) is 11.3 Å². The van der Waals surface area contributed by atoms with Gasteiger partial charge < -0.3 is 9.47 Å². The van der Waals surface area contributed by atoms with Gasteiger partial charge in [0.05, 0.1) is 29.3 Å². The maximum absolute atomic E-state index is 12.3. The second kappa shape index (κ2) is 6.31. The zero-order chi connectivity index (χ0) is 15.6.